The molecule has 0 saturated carbocycles. The highest BCUT2D eigenvalue weighted by molar-refractivity contribution is 8.00. The quantitative estimate of drug-likeness (QED) is 0.530. The minimum atomic E-state index is -0.232. The molecule has 0 unspecified atom stereocenters. The first-order chi connectivity index (χ1) is 14.0. The molecule has 3 rings (SSSR count). The molecule has 1 N–H and O–H groups in total. The number of ether oxygens (including phenoxy) is 1. The third-order valence-electron chi connectivity index (χ3n) is 4.00. The molecule has 152 valence electrons. The lowest BCUT2D eigenvalue weighted by molar-refractivity contribution is -0.121. The van der Waals surface area contributed by atoms with Crippen LogP contribution in [0.4, 0.5) is 0 Å². The van der Waals surface area contributed by atoms with Crippen LogP contribution in [0.25, 0.3) is 0 Å². The van der Waals surface area contributed by atoms with E-state index in [0.29, 0.717) is 23.0 Å². The monoisotopic (exact) mass is 450 g/mol. The Kier molecular flexibility index (Phi) is 7.29. The summed E-state index contributed by atoms with van der Waals surface area (Å²) < 4.78 is 7.64. The molecule has 0 atom stereocenters. The van der Waals surface area contributed by atoms with E-state index in [4.69, 9.17) is 16.3 Å². The normalized spacial score (nSPS) is 10.7. The first-order valence-corrected chi connectivity index (χ1v) is 10.8. The second-order valence-electron chi connectivity index (χ2n) is 6.07. The Labute approximate surface area is 181 Å². The van der Waals surface area contributed by atoms with Crippen LogP contribution in [0.5, 0.6) is 5.75 Å². The molecule has 0 saturated heterocycles. The largest absolute Gasteiger partial charge is 0.491 e. The van der Waals surface area contributed by atoms with Gasteiger partial charge in [0, 0.05) is 29.1 Å². The van der Waals surface area contributed by atoms with Gasteiger partial charge in [-0.05, 0) is 18.6 Å². The molecule has 0 aliphatic carbocycles. The van der Waals surface area contributed by atoms with Crippen LogP contribution in [0.3, 0.4) is 0 Å². The van der Waals surface area contributed by atoms with Crippen molar-refractivity contribution in [3.8, 4) is 5.75 Å². The van der Waals surface area contributed by atoms with Crippen molar-refractivity contribution in [1.82, 2.24) is 20.1 Å². The summed E-state index contributed by atoms with van der Waals surface area (Å²) in [6.07, 6.45) is 1.55. The zero-order valence-electron chi connectivity index (χ0n) is 15.8. The Morgan fingerprint density at radius 3 is 2.83 bits per heavy atom. The molecule has 10 heteroatoms. The molecule has 0 aliphatic heterocycles. The number of amides is 1. The van der Waals surface area contributed by atoms with Crippen LogP contribution in [0.1, 0.15) is 16.3 Å². The highest BCUT2D eigenvalue weighted by Gasteiger charge is 2.12. The zero-order chi connectivity index (χ0) is 20.8. The first-order valence-electron chi connectivity index (χ1n) is 8.66. The summed E-state index contributed by atoms with van der Waals surface area (Å²) in [7, 11) is 1.43. The lowest BCUT2D eigenvalue weighted by Gasteiger charge is -2.14. The Morgan fingerprint density at radius 1 is 1.34 bits per heavy atom. The molecule has 29 heavy (non-hydrogen) atoms. The predicted molar refractivity (Wildman–Crippen MR) is 115 cm³/mol. The Hall–Kier alpha value is -2.36. The van der Waals surface area contributed by atoms with Crippen molar-refractivity contribution in [3.05, 3.63) is 68.0 Å². The number of carbonyl (C=O) groups is 1. The predicted octanol–water partition coefficient (Wildman–Crippen LogP) is 3.28. The molecular weight excluding hydrogens is 432 g/mol. The van der Waals surface area contributed by atoms with E-state index >= 15 is 0 Å². The number of aromatic nitrogens is 3. The van der Waals surface area contributed by atoms with Gasteiger partial charge in [-0.1, -0.05) is 52.9 Å². The second-order valence-corrected chi connectivity index (χ2v) is 8.88. The van der Waals surface area contributed by atoms with Crippen LogP contribution < -0.4 is 15.5 Å². The van der Waals surface area contributed by atoms with Gasteiger partial charge < -0.3 is 14.6 Å². The number of aryl methyl sites for hydroxylation is 1. The van der Waals surface area contributed by atoms with Gasteiger partial charge in [0.25, 0.3) is 0 Å². The summed E-state index contributed by atoms with van der Waals surface area (Å²) in [6.45, 7) is 2.25. The third-order valence-corrected chi connectivity index (χ3v) is 6.38. The van der Waals surface area contributed by atoms with Crippen LogP contribution >= 0.6 is 34.7 Å². The van der Waals surface area contributed by atoms with Crippen molar-refractivity contribution in [2.24, 2.45) is 0 Å². The molecule has 0 fully saturated rings. The van der Waals surface area contributed by atoms with Crippen molar-refractivity contribution in [2.45, 2.75) is 30.1 Å². The fourth-order valence-corrected chi connectivity index (χ4v) is 4.55. The number of nitrogens with zero attached hydrogens (tertiary/aromatic N) is 3. The first kappa shape index (κ1) is 21.4. The van der Waals surface area contributed by atoms with Gasteiger partial charge >= 0.3 is 0 Å². The minimum Gasteiger partial charge on any atom is -0.491 e. The summed E-state index contributed by atoms with van der Waals surface area (Å²) in [5.74, 6) is 0.462. The van der Waals surface area contributed by atoms with Gasteiger partial charge in [0.2, 0.25) is 11.3 Å². The Bertz CT molecular complexity index is 1070. The number of halogens is 1. The van der Waals surface area contributed by atoms with Crippen LogP contribution in [0.2, 0.25) is 5.02 Å². The smallest absolute Gasteiger partial charge is 0.240 e. The van der Waals surface area contributed by atoms with E-state index in [0.717, 1.165) is 14.9 Å². The molecular formula is C19H19ClN4O3S2. The number of methoxy groups -OCH3 is 1. The summed E-state index contributed by atoms with van der Waals surface area (Å²) in [5.41, 5.74) is 1.30. The maximum atomic E-state index is 12.5. The maximum absolute atomic E-state index is 12.5. The van der Waals surface area contributed by atoms with E-state index in [-0.39, 0.29) is 23.6 Å². The number of pyridine rings is 1. The third kappa shape index (κ3) is 5.81. The van der Waals surface area contributed by atoms with E-state index in [2.05, 4.69) is 15.5 Å². The highest BCUT2D eigenvalue weighted by atomic mass is 35.5. The average molecular weight is 451 g/mol. The molecule has 3 aromatic rings. The van der Waals surface area contributed by atoms with Crippen molar-refractivity contribution in [2.75, 3.05) is 7.11 Å². The molecule has 0 aliphatic rings. The number of hydrogen-bond donors (Lipinski definition) is 1. The highest BCUT2D eigenvalue weighted by Crippen LogP contribution is 2.25. The van der Waals surface area contributed by atoms with Crippen LogP contribution in [0.15, 0.2) is 45.7 Å². The summed E-state index contributed by atoms with van der Waals surface area (Å²) in [5, 5.41) is 12.4. The van der Waals surface area contributed by atoms with E-state index < -0.39 is 0 Å². The molecule has 1 amide bonds. The topological polar surface area (TPSA) is 86.1 Å². The van der Waals surface area contributed by atoms with Gasteiger partial charge in [-0.25, -0.2) is 0 Å². The number of benzene rings is 1. The lowest BCUT2D eigenvalue weighted by Crippen LogP contribution is -2.29. The van der Waals surface area contributed by atoms with Crippen molar-refractivity contribution < 1.29 is 9.53 Å². The molecule has 0 radical (unpaired) electrons. The molecule has 2 aromatic heterocycles. The van der Waals surface area contributed by atoms with Crippen LogP contribution in [0, 0.1) is 6.92 Å². The van der Waals surface area contributed by atoms with E-state index in [9.17, 15) is 9.59 Å². The number of carbonyl (C=O) groups excluding carboxylic acids is 1. The summed E-state index contributed by atoms with van der Waals surface area (Å²) >= 11 is 9.08. The fraction of sp³-hybridized carbons (Fsp3) is 0.263. The van der Waals surface area contributed by atoms with Gasteiger partial charge in [0.15, 0.2) is 10.1 Å². The van der Waals surface area contributed by atoms with Crippen molar-refractivity contribution in [1.29, 1.82) is 0 Å². The van der Waals surface area contributed by atoms with E-state index in [1.165, 1.54) is 36.3 Å². The number of rotatable bonds is 8. The van der Waals surface area contributed by atoms with Gasteiger partial charge in [0.05, 0.1) is 13.3 Å². The molecule has 7 nitrogen and oxygen atoms in total. The zero-order valence-corrected chi connectivity index (χ0v) is 18.2. The van der Waals surface area contributed by atoms with Gasteiger partial charge in [-0.2, -0.15) is 0 Å². The second kappa shape index (κ2) is 9.91. The average Bonchev–Trinajstić information content (AvgIpc) is 3.12. The summed E-state index contributed by atoms with van der Waals surface area (Å²) in [6, 6.07) is 8.83. The van der Waals surface area contributed by atoms with E-state index in [1.807, 2.05) is 25.1 Å². The SMILES string of the molecule is COc1cn(CC(=O)NCc2ccccc2Cl)c(CSc2nnc(C)s2)cc1=O. The van der Waals surface area contributed by atoms with Crippen molar-refractivity contribution in [3.63, 3.8) is 0 Å². The van der Waals surface area contributed by atoms with Crippen LogP contribution in [-0.4, -0.2) is 27.8 Å². The molecule has 0 spiro atoms. The standard InChI is InChI=1S/C19H19ClN4O3S2/c1-12-22-23-19(29-12)28-11-14-7-16(25)17(27-2)9-24(14)10-18(26)21-8-13-5-3-4-6-15(13)20/h3-7,9H,8,10-11H2,1-2H3,(H,21,26). The van der Waals surface area contributed by atoms with Gasteiger partial charge in [-0.15, -0.1) is 10.2 Å². The Balaban J connectivity index is 1.72. The lowest BCUT2D eigenvalue weighted by atomic mass is 10.2. The molecule has 2 heterocycles. The maximum Gasteiger partial charge on any atom is 0.240 e. The number of hydrogen-bond acceptors (Lipinski definition) is 7. The van der Waals surface area contributed by atoms with Gasteiger partial charge in [0.1, 0.15) is 11.6 Å². The fourth-order valence-electron chi connectivity index (χ4n) is 2.54. The molecule has 0 bridgehead atoms. The summed E-state index contributed by atoms with van der Waals surface area (Å²) in [4.78, 5) is 24.7. The number of nitrogens with one attached hydrogen (secondary N) is 1. The number of thioether (sulfide) groups is 1. The minimum absolute atomic E-state index is 0.0478. The Morgan fingerprint density at radius 2 is 2.14 bits per heavy atom. The van der Waals surface area contributed by atoms with Crippen LogP contribution in [-0.2, 0) is 23.6 Å². The van der Waals surface area contributed by atoms with Gasteiger partial charge in [-0.3, -0.25) is 9.59 Å². The molecule has 1 aromatic carbocycles. The van der Waals surface area contributed by atoms with E-state index in [1.54, 1.807) is 16.8 Å². The van der Waals surface area contributed by atoms with Crippen molar-refractivity contribution >= 4 is 40.6 Å².